The van der Waals surface area contributed by atoms with Crippen molar-refractivity contribution in [3.63, 3.8) is 0 Å². The van der Waals surface area contributed by atoms with Gasteiger partial charge in [0.05, 0.1) is 21.9 Å². The standard InChI is InChI=1S/C15H17Cl2FN2/c16-8-15-19-13-6-11(17)12(18)7-14(13)20(15)9-10-4-2-1-3-5-10/h6-7,10H,1-5,8-9H2. The number of hydrogen-bond acceptors (Lipinski definition) is 1. The van der Waals surface area contributed by atoms with Gasteiger partial charge in [-0.1, -0.05) is 30.9 Å². The zero-order valence-electron chi connectivity index (χ0n) is 11.2. The van der Waals surface area contributed by atoms with Gasteiger partial charge in [0.1, 0.15) is 11.6 Å². The first-order valence-electron chi connectivity index (χ1n) is 7.09. The third kappa shape index (κ3) is 2.66. The van der Waals surface area contributed by atoms with Gasteiger partial charge < -0.3 is 4.57 Å². The van der Waals surface area contributed by atoms with E-state index in [4.69, 9.17) is 23.2 Å². The number of hydrogen-bond donors (Lipinski definition) is 0. The van der Waals surface area contributed by atoms with Crippen LogP contribution in [0.2, 0.25) is 5.02 Å². The quantitative estimate of drug-likeness (QED) is 0.716. The second kappa shape index (κ2) is 5.90. The summed E-state index contributed by atoms with van der Waals surface area (Å²) in [6.45, 7) is 0.875. The molecule has 1 heterocycles. The van der Waals surface area contributed by atoms with Crippen molar-refractivity contribution < 1.29 is 4.39 Å². The van der Waals surface area contributed by atoms with Crippen LogP contribution in [0.15, 0.2) is 12.1 Å². The monoisotopic (exact) mass is 314 g/mol. The zero-order chi connectivity index (χ0) is 14.1. The van der Waals surface area contributed by atoms with Gasteiger partial charge in [0.15, 0.2) is 0 Å². The molecule has 2 nitrogen and oxygen atoms in total. The lowest BCUT2D eigenvalue weighted by Gasteiger charge is -2.23. The maximum atomic E-state index is 13.7. The molecule has 1 aliphatic carbocycles. The maximum Gasteiger partial charge on any atom is 0.144 e. The van der Waals surface area contributed by atoms with Crippen molar-refractivity contribution in [2.75, 3.05) is 0 Å². The van der Waals surface area contributed by atoms with E-state index in [0.717, 1.165) is 23.4 Å². The van der Waals surface area contributed by atoms with Gasteiger partial charge in [0.25, 0.3) is 0 Å². The van der Waals surface area contributed by atoms with E-state index in [9.17, 15) is 4.39 Å². The van der Waals surface area contributed by atoms with Crippen LogP contribution in [0.3, 0.4) is 0 Å². The zero-order valence-corrected chi connectivity index (χ0v) is 12.7. The topological polar surface area (TPSA) is 17.8 Å². The molecule has 0 saturated heterocycles. The Kier molecular flexibility index (Phi) is 4.18. The number of nitrogens with zero attached hydrogens (tertiary/aromatic N) is 2. The minimum absolute atomic E-state index is 0.112. The molecule has 20 heavy (non-hydrogen) atoms. The van der Waals surface area contributed by atoms with E-state index < -0.39 is 5.82 Å². The Morgan fingerprint density at radius 1 is 1.25 bits per heavy atom. The molecule has 0 aliphatic heterocycles. The van der Waals surface area contributed by atoms with Crippen molar-refractivity contribution in [2.24, 2.45) is 5.92 Å². The van der Waals surface area contributed by atoms with Gasteiger partial charge in [0.2, 0.25) is 0 Å². The molecule has 0 bridgehead atoms. The van der Waals surface area contributed by atoms with E-state index in [0.29, 0.717) is 11.8 Å². The Labute approximate surface area is 127 Å². The van der Waals surface area contributed by atoms with Crippen LogP contribution in [0.25, 0.3) is 11.0 Å². The molecular formula is C15H17Cl2FN2. The van der Waals surface area contributed by atoms with Gasteiger partial charge in [-0.3, -0.25) is 0 Å². The lowest BCUT2D eigenvalue weighted by atomic mass is 9.89. The number of benzene rings is 1. The van der Waals surface area contributed by atoms with Crippen LogP contribution in [-0.2, 0) is 12.4 Å². The summed E-state index contributed by atoms with van der Waals surface area (Å²) in [6.07, 6.45) is 6.37. The SMILES string of the molecule is Fc1cc2c(cc1Cl)nc(CCl)n2CC1CCCCC1. The third-order valence-electron chi connectivity index (χ3n) is 4.15. The van der Waals surface area contributed by atoms with E-state index in [1.54, 1.807) is 6.07 Å². The summed E-state index contributed by atoms with van der Waals surface area (Å²) >= 11 is 11.8. The van der Waals surface area contributed by atoms with Gasteiger partial charge >= 0.3 is 0 Å². The molecule has 0 radical (unpaired) electrons. The minimum Gasteiger partial charge on any atom is -0.327 e. The number of rotatable bonds is 3. The molecule has 1 aliphatic rings. The Hall–Kier alpha value is -0.800. The van der Waals surface area contributed by atoms with Crippen molar-refractivity contribution >= 4 is 34.2 Å². The summed E-state index contributed by atoms with van der Waals surface area (Å²) in [5.74, 6) is 1.38. The molecule has 0 unspecified atom stereocenters. The van der Waals surface area contributed by atoms with Crippen molar-refractivity contribution in [1.29, 1.82) is 0 Å². The molecule has 0 N–H and O–H groups in total. The van der Waals surface area contributed by atoms with E-state index >= 15 is 0 Å². The number of alkyl halides is 1. The van der Waals surface area contributed by atoms with Crippen molar-refractivity contribution in [3.8, 4) is 0 Å². The molecule has 1 fully saturated rings. The minimum atomic E-state index is -0.398. The Morgan fingerprint density at radius 2 is 2.00 bits per heavy atom. The van der Waals surface area contributed by atoms with Crippen LogP contribution in [-0.4, -0.2) is 9.55 Å². The summed E-state index contributed by atoms with van der Waals surface area (Å²) in [5, 5.41) is 0.112. The summed E-state index contributed by atoms with van der Waals surface area (Å²) in [4.78, 5) is 4.48. The molecule has 1 saturated carbocycles. The lowest BCUT2D eigenvalue weighted by Crippen LogP contribution is -2.15. The van der Waals surface area contributed by atoms with Crippen LogP contribution < -0.4 is 0 Å². The Balaban J connectivity index is 2.00. The number of imidazole rings is 1. The molecule has 0 amide bonds. The highest BCUT2D eigenvalue weighted by Crippen LogP contribution is 2.29. The smallest absolute Gasteiger partial charge is 0.144 e. The van der Waals surface area contributed by atoms with Crippen LogP contribution >= 0.6 is 23.2 Å². The van der Waals surface area contributed by atoms with Crippen molar-refractivity contribution in [2.45, 2.75) is 44.5 Å². The second-order valence-electron chi connectivity index (χ2n) is 5.53. The fourth-order valence-corrected chi connectivity index (χ4v) is 3.47. The summed E-state index contributed by atoms with van der Waals surface area (Å²) in [7, 11) is 0. The normalized spacial score (nSPS) is 16.9. The highest BCUT2D eigenvalue weighted by Gasteiger charge is 2.18. The van der Waals surface area contributed by atoms with Gasteiger partial charge in [-0.25, -0.2) is 9.37 Å². The number of fused-ring (bicyclic) bond motifs is 1. The first-order chi connectivity index (χ1) is 9.69. The Bertz CT molecular complexity index is 618. The van der Waals surface area contributed by atoms with Crippen LogP contribution in [0.1, 0.15) is 37.9 Å². The van der Waals surface area contributed by atoms with E-state index in [1.165, 1.54) is 38.2 Å². The predicted octanol–water partition coefficient (Wildman–Crippen LogP) is 5.15. The molecule has 3 rings (SSSR count). The fraction of sp³-hybridized carbons (Fsp3) is 0.533. The van der Waals surface area contributed by atoms with Crippen molar-refractivity contribution in [1.82, 2.24) is 9.55 Å². The van der Waals surface area contributed by atoms with Crippen molar-refractivity contribution in [3.05, 3.63) is 28.8 Å². The molecule has 5 heteroatoms. The average molecular weight is 315 g/mol. The molecule has 0 atom stereocenters. The Morgan fingerprint density at radius 3 is 2.70 bits per heavy atom. The van der Waals surface area contributed by atoms with E-state index in [-0.39, 0.29) is 5.02 Å². The third-order valence-corrected chi connectivity index (χ3v) is 4.68. The largest absolute Gasteiger partial charge is 0.327 e. The summed E-state index contributed by atoms with van der Waals surface area (Å²) < 4.78 is 15.8. The molecule has 108 valence electrons. The number of halogens is 3. The van der Waals surface area contributed by atoms with Crippen LogP contribution in [0.5, 0.6) is 0 Å². The summed E-state index contributed by atoms with van der Waals surface area (Å²) in [6, 6.07) is 3.06. The fourth-order valence-electron chi connectivity index (χ4n) is 3.10. The average Bonchev–Trinajstić information content (AvgIpc) is 2.78. The van der Waals surface area contributed by atoms with Gasteiger partial charge in [-0.05, 0) is 24.8 Å². The van der Waals surface area contributed by atoms with E-state index in [2.05, 4.69) is 9.55 Å². The first kappa shape index (κ1) is 14.2. The lowest BCUT2D eigenvalue weighted by molar-refractivity contribution is 0.320. The van der Waals surface area contributed by atoms with E-state index in [1.807, 2.05) is 0 Å². The maximum absolute atomic E-state index is 13.7. The second-order valence-corrected chi connectivity index (χ2v) is 6.21. The molecule has 2 aromatic rings. The summed E-state index contributed by atoms with van der Waals surface area (Å²) in [5.41, 5.74) is 1.52. The van der Waals surface area contributed by atoms with Crippen LogP contribution in [0.4, 0.5) is 4.39 Å². The highest BCUT2D eigenvalue weighted by molar-refractivity contribution is 6.31. The molecule has 1 aromatic heterocycles. The first-order valence-corrected chi connectivity index (χ1v) is 8.00. The van der Waals surface area contributed by atoms with Crippen LogP contribution in [0, 0.1) is 11.7 Å². The molecule has 0 spiro atoms. The molecule has 1 aromatic carbocycles. The highest BCUT2D eigenvalue weighted by atomic mass is 35.5. The molecular weight excluding hydrogens is 298 g/mol. The van der Waals surface area contributed by atoms with Gasteiger partial charge in [0, 0.05) is 12.6 Å². The van der Waals surface area contributed by atoms with Gasteiger partial charge in [-0.15, -0.1) is 11.6 Å². The van der Waals surface area contributed by atoms with Gasteiger partial charge in [-0.2, -0.15) is 0 Å². The predicted molar refractivity (Wildman–Crippen MR) is 80.8 cm³/mol. The number of aromatic nitrogens is 2.